The number of thioether (sulfide) groups is 1. The van der Waals surface area contributed by atoms with E-state index < -0.39 is 0 Å². The third-order valence-corrected chi connectivity index (χ3v) is 6.20. The molecule has 0 spiro atoms. The second-order valence-corrected chi connectivity index (χ2v) is 8.37. The van der Waals surface area contributed by atoms with E-state index in [9.17, 15) is 4.79 Å². The lowest BCUT2D eigenvalue weighted by Gasteiger charge is -2.15. The monoisotopic (exact) mass is 406 g/mol. The lowest BCUT2D eigenvalue weighted by atomic mass is 10.0. The number of nitrogens with one attached hydrogen (secondary N) is 1. The van der Waals surface area contributed by atoms with Gasteiger partial charge in [-0.1, -0.05) is 66.4 Å². The van der Waals surface area contributed by atoms with Crippen LogP contribution in [0.3, 0.4) is 0 Å². The van der Waals surface area contributed by atoms with Gasteiger partial charge >= 0.3 is 0 Å². The topological polar surface area (TPSA) is 59.8 Å². The summed E-state index contributed by atoms with van der Waals surface area (Å²) in [7, 11) is 0. The summed E-state index contributed by atoms with van der Waals surface area (Å²) in [6.45, 7) is 4.95. The first-order valence-corrected chi connectivity index (χ1v) is 11.1. The molecule has 150 valence electrons. The van der Waals surface area contributed by atoms with E-state index in [1.807, 2.05) is 25.1 Å². The molecule has 0 unspecified atom stereocenters. The second kappa shape index (κ2) is 8.82. The number of hydrogen-bond donors (Lipinski definition) is 1. The van der Waals surface area contributed by atoms with E-state index in [1.54, 1.807) is 0 Å². The van der Waals surface area contributed by atoms with Crippen molar-refractivity contribution >= 4 is 17.7 Å². The fourth-order valence-corrected chi connectivity index (χ4v) is 4.26. The fraction of sp³-hybridized carbons (Fsp3) is 0.348. The molecule has 1 atom stereocenters. The second-order valence-electron chi connectivity index (χ2n) is 7.43. The van der Waals surface area contributed by atoms with E-state index >= 15 is 0 Å². The first kappa shape index (κ1) is 19.7. The zero-order valence-electron chi connectivity index (χ0n) is 16.8. The quantitative estimate of drug-likeness (QED) is 0.545. The minimum atomic E-state index is -0.0426. The molecule has 0 radical (unpaired) electrons. The summed E-state index contributed by atoms with van der Waals surface area (Å²) in [5.74, 6) is 1.98. The van der Waals surface area contributed by atoms with Crippen LogP contribution in [0.1, 0.15) is 50.0 Å². The molecule has 2 aromatic carbocycles. The number of amides is 1. The Morgan fingerprint density at radius 1 is 1.10 bits per heavy atom. The van der Waals surface area contributed by atoms with E-state index in [0.717, 1.165) is 23.1 Å². The molecule has 1 amide bonds. The van der Waals surface area contributed by atoms with Crippen molar-refractivity contribution in [3.05, 3.63) is 66.0 Å². The molecule has 0 bridgehead atoms. The van der Waals surface area contributed by atoms with Crippen molar-refractivity contribution in [2.45, 2.75) is 50.4 Å². The Morgan fingerprint density at radius 2 is 1.79 bits per heavy atom. The number of aromatic nitrogens is 3. The van der Waals surface area contributed by atoms with Crippen LogP contribution >= 0.6 is 11.8 Å². The molecular weight excluding hydrogens is 380 g/mol. The Bertz CT molecular complexity index is 964. The van der Waals surface area contributed by atoms with Crippen LogP contribution in [-0.4, -0.2) is 26.4 Å². The summed E-state index contributed by atoms with van der Waals surface area (Å²) < 4.78 is 2.14. The molecule has 1 fully saturated rings. The molecule has 29 heavy (non-hydrogen) atoms. The summed E-state index contributed by atoms with van der Waals surface area (Å²) in [5.41, 5.74) is 3.46. The lowest BCUT2D eigenvalue weighted by molar-refractivity contribution is -0.119. The minimum absolute atomic E-state index is 0.00765. The van der Waals surface area contributed by atoms with E-state index in [4.69, 9.17) is 0 Å². The highest BCUT2D eigenvalue weighted by Gasteiger charge is 2.30. The zero-order valence-corrected chi connectivity index (χ0v) is 17.7. The summed E-state index contributed by atoms with van der Waals surface area (Å²) in [6, 6.07) is 18.6. The molecule has 1 saturated carbocycles. The van der Waals surface area contributed by atoms with Gasteiger partial charge in [0.2, 0.25) is 5.91 Å². The third kappa shape index (κ3) is 4.70. The predicted molar refractivity (Wildman–Crippen MR) is 117 cm³/mol. The van der Waals surface area contributed by atoms with Crippen LogP contribution in [0.2, 0.25) is 0 Å². The van der Waals surface area contributed by atoms with Crippen molar-refractivity contribution in [2.24, 2.45) is 0 Å². The maximum Gasteiger partial charge on any atom is 0.230 e. The van der Waals surface area contributed by atoms with Crippen LogP contribution in [0.25, 0.3) is 11.1 Å². The highest BCUT2D eigenvalue weighted by Crippen LogP contribution is 2.40. The number of rotatable bonds is 8. The average Bonchev–Trinajstić information content (AvgIpc) is 3.52. The summed E-state index contributed by atoms with van der Waals surface area (Å²) in [6.07, 6.45) is 2.40. The van der Waals surface area contributed by atoms with Gasteiger partial charge in [-0.25, -0.2) is 0 Å². The predicted octanol–water partition coefficient (Wildman–Crippen LogP) is 4.81. The van der Waals surface area contributed by atoms with Crippen LogP contribution in [0.15, 0.2) is 59.8 Å². The first-order chi connectivity index (χ1) is 14.2. The van der Waals surface area contributed by atoms with Gasteiger partial charge in [-0.3, -0.25) is 4.79 Å². The molecule has 1 N–H and O–H groups in total. The maximum absolute atomic E-state index is 12.5. The van der Waals surface area contributed by atoms with Gasteiger partial charge in [-0.2, -0.15) is 0 Å². The minimum Gasteiger partial charge on any atom is -0.349 e. The van der Waals surface area contributed by atoms with Crippen molar-refractivity contribution < 1.29 is 4.79 Å². The van der Waals surface area contributed by atoms with Crippen molar-refractivity contribution in [2.75, 3.05) is 5.75 Å². The highest BCUT2D eigenvalue weighted by atomic mass is 32.2. The highest BCUT2D eigenvalue weighted by molar-refractivity contribution is 7.99. The Morgan fingerprint density at radius 3 is 2.45 bits per heavy atom. The van der Waals surface area contributed by atoms with Gasteiger partial charge in [0, 0.05) is 12.5 Å². The van der Waals surface area contributed by atoms with Crippen molar-refractivity contribution in [3.8, 4) is 11.1 Å². The number of benzene rings is 2. The lowest BCUT2D eigenvalue weighted by Crippen LogP contribution is -2.28. The van der Waals surface area contributed by atoms with Crippen LogP contribution in [0.5, 0.6) is 0 Å². The van der Waals surface area contributed by atoms with Crippen molar-refractivity contribution in [1.82, 2.24) is 20.1 Å². The summed E-state index contributed by atoms with van der Waals surface area (Å²) >= 11 is 1.46. The number of hydrogen-bond acceptors (Lipinski definition) is 4. The van der Waals surface area contributed by atoms with E-state index in [1.165, 1.54) is 35.7 Å². The van der Waals surface area contributed by atoms with Gasteiger partial charge in [0.05, 0.1) is 11.8 Å². The third-order valence-electron chi connectivity index (χ3n) is 5.23. The standard InChI is InChI=1S/C23H26N4OS/c1-3-27-22(20-13-14-20)25-26-23(27)29-15-21(28)24-16(2)17-9-11-19(12-10-17)18-7-5-4-6-8-18/h4-12,16,20H,3,13-15H2,1-2H3,(H,24,28)/t16-/m1/s1. The molecule has 1 aliphatic carbocycles. The van der Waals surface area contributed by atoms with E-state index in [-0.39, 0.29) is 11.9 Å². The summed E-state index contributed by atoms with van der Waals surface area (Å²) in [5, 5.41) is 12.5. The zero-order chi connectivity index (χ0) is 20.2. The molecule has 6 heteroatoms. The molecule has 1 aliphatic rings. The molecule has 0 aliphatic heterocycles. The number of nitrogens with zero attached hydrogens (tertiary/aromatic N) is 3. The van der Waals surface area contributed by atoms with Gasteiger partial charge in [0.1, 0.15) is 5.82 Å². The largest absolute Gasteiger partial charge is 0.349 e. The van der Waals surface area contributed by atoms with Crippen LogP contribution in [-0.2, 0) is 11.3 Å². The fourth-order valence-electron chi connectivity index (χ4n) is 3.44. The number of carbonyl (C=O) groups is 1. The van der Waals surface area contributed by atoms with Gasteiger partial charge < -0.3 is 9.88 Å². The van der Waals surface area contributed by atoms with Crippen molar-refractivity contribution in [3.63, 3.8) is 0 Å². The SMILES string of the molecule is CCn1c(SCC(=O)N[C@H](C)c2ccc(-c3ccccc3)cc2)nnc1C1CC1. The molecule has 1 heterocycles. The smallest absolute Gasteiger partial charge is 0.230 e. The van der Waals surface area contributed by atoms with Crippen molar-refractivity contribution in [1.29, 1.82) is 0 Å². The first-order valence-electron chi connectivity index (χ1n) is 10.2. The molecule has 3 aromatic rings. The maximum atomic E-state index is 12.5. The van der Waals surface area contributed by atoms with Gasteiger partial charge in [0.25, 0.3) is 0 Å². The van der Waals surface area contributed by atoms with Crippen LogP contribution in [0.4, 0.5) is 0 Å². The van der Waals surface area contributed by atoms with E-state index in [2.05, 4.69) is 63.4 Å². The molecular formula is C23H26N4OS. The van der Waals surface area contributed by atoms with Gasteiger partial charge in [-0.05, 0) is 43.4 Å². The van der Waals surface area contributed by atoms with E-state index in [0.29, 0.717) is 11.7 Å². The molecule has 4 rings (SSSR count). The molecule has 5 nitrogen and oxygen atoms in total. The Balaban J connectivity index is 1.32. The molecule has 1 aromatic heterocycles. The Labute approximate surface area is 175 Å². The summed E-state index contributed by atoms with van der Waals surface area (Å²) in [4.78, 5) is 12.5. The van der Waals surface area contributed by atoms with Crippen LogP contribution < -0.4 is 5.32 Å². The Kier molecular flexibility index (Phi) is 6.00. The van der Waals surface area contributed by atoms with Crippen LogP contribution in [0, 0.1) is 0 Å². The normalized spacial score (nSPS) is 14.6. The average molecular weight is 407 g/mol. The molecule has 0 saturated heterocycles. The van der Waals surface area contributed by atoms with Gasteiger partial charge in [-0.15, -0.1) is 10.2 Å². The van der Waals surface area contributed by atoms with Gasteiger partial charge in [0.15, 0.2) is 5.16 Å². The number of carbonyl (C=O) groups excluding carboxylic acids is 1. The Hall–Kier alpha value is -2.60.